The van der Waals surface area contributed by atoms with Crippen LogP contribution in [0.5, 0.6) is 0 Å². The fourth-order valence-electron chi connectivity index (χ4n) is 1.35. The first kappa shape index (κ1) is 11.1. The molecule has 1 N–H and O–H groups in total. The molecule has 1 aliphatic heterocycles. The van der Waals surface area contributed by atoms with E-state index in [-0.39, 0.29) is 6.23 Å². The maximum Gasteiger partial charge on any atom is 0.303 e. The van der Waals surface area contributed by atoms with Crippen LogP contribution in [0.25, 0.3) is 0 Å². The van der Waals surface area contributed by atoms with E-state index in [1.807, 2.05) is 11.8 Å². The number of rotatable bonds is 4. The molecule has 0 bridgehead atoms. The minimum Gasteiger partial charge on any atom is -0.379 e. The van der Waals surface area contributed by atoms with Gasteiger partial charge in [0, 0.05) is 13.1 Å². The molecule has 0 spiro atoms. The molecule has 6 heteroatoms. The molecule has 0 saturated carbocycles. The molecular weight excluding hydrogens is 194 g/mol. The second-order valence-corrected chi connectivity index (χ2v) is 3.45. The van der Waals surface area contributed by atoms with Crippen LogP contribution in [0, 0.1) is 0 Å². The van der Waals surface area contributed by atoms with E-state index in [9.17, 15) is 4.21 Å². The third kappa shape index (κ3) is 3.70. The SMILES string of the molecule is CCC(OS(=O)O)N1CCOCC1. The van der Waals surface area contributed by atoms with Gasteiger partial charge in [0.05, 0.1) is 13.2 Å². The van der Waals surface area contributed by atoms with Crippen molar-refractivity contribution in [2.75, 3.05) is 26.3 Å². The van der Waals surface area contributed by atoms with Crippen LogP contribution < -0.4 is 0 Å². The summed E-state index contributed by atoms with van der Waals surface area (Å²) in [6.45, 7) is 4.77. The third-order valence-electron chi connectivity index (χ3n) is 2.00. The van der Waals surface area contributed by atoms with Crippen molar-refractivity contribution in [1.82, 2.24) is 4.90 Å². The van der Waals surface area contributed by atoms with Gasteiger partial charge in [0.1, 0.15) is 6.23 Å². The van der Waals surface area contributed by atoms with Crippen LogP contribution in [0.2, 0.25) is 0 Å². The summed E-state index contributed by atoms with van der Waals surface area (Å²) in [5.41, 5.74) is 0. The lowest BCUT2D eigenvalue weighted by atomic mass is 10.3. The Bertz CT molecular complexity index is 172. The van der Waals surface area contributed by atoms with E-state index in [4.69, 9.17) is 13.5 Å². The Morgan fingerprint density at radius 3 is 2.69 bits per heavy atom. The van der Waals surface area contributed by atoms with Crippen molar-refractivity contribution in [1.29, 1.82) is 0 Å². The molecule has 2 atom stereocenters. The Morgan fingerprint density at radius 1 is 1.62 bits per heavy atom. The van der Waals surface area contributed by atoms with Crippen LogP contribution in [0.3, 0.4) is 0 Å². The normalized spacial score (nSPS) is 24.2. The molecule has 5 nitrogen and oxygen atoms in total. The molecule has 1 heterocycles. The molecule has 1 saturated heterocycles. The van der Waals surface area contributed by atoms with Crippen molar-refractivity contribution in [2.24, 2.45) is 0 Å². The molecule has 78 valence electrons. The van der Waals surface area contributed by atoms with Gasteiger partial charge in [-0.05, 0) is 6.42 Å². The molecule has 0 aliphatic carbocycles. The van der Waals surface area contributed by atoms with E-state index < -0.39 is 11.4 Å². The third-order valence-corrected chi connectivity index (χ3v) is 2.38. The molecule has 0 aromatic rings. The van der Waals surface area contributed by atoms with Gasteiger partial charge in [-0.25, -0.2) is 4.18 Å². The van der Waals surface area contributed by atoms with E-state index in [0.29, 0.717) is 19.6 Å². The van der Waals surface area contributed by atoms with Gasteiger partial charge >= 0.3 is 11.4 Å². The zero-order valence-corrected chi connectivity index (χ0v) is 8.46. The average Bonchev–Trinajstić information content (AvgIpc) is 2.15. The smallest absolute Gasteiger partial charge is 0.303 e. The van der Waals surface area contributed by atoms with Crippen molar-refractivity contribution in [3.63, 3.8) is 0 Å². The van der Waals surface area contributed by atoms with Gasteiger partial charge in [0.2, 0.25) is 0 Å². The molecule has 2 unspecified atom stereocenters. The summed E-state index contributed by atoms with van der Waals surface area (Å²) in [5.74, 6) is 0. The van der Waals surface area contributed by atoms with Crippen LogP contribution in [0.1, 0.15) is 13.3 Å². The summed E-state index contributed by atoms with van der Waals surface area (Å²) >= 11 is -2.18. The monoisotopic (exact) mass is 209 g/mol. The minimum atomic E-state index is -2.18. The fourth-order valence-corrected chi connectivity index (χ4v) is 1.80. The molecule has 13 heavy (non-hydrogen) atoms. The second-order valence-electron chi connectivity index (χ2n) is 2.82. The summed E-state index contributed by atoms with van der Waals surface area (Å²) in [7, 11) is 0. The Kier molecular flexibility index (Phi) is 4.82. The van der Waals surface area contributed by atoms with E-state index in [1.54, 1.807) is 0 Å². The van der Waals surface area contributed by atoms with Crippen molar-refractivity contribution in [2.45, 2.75) is 19.6 Å². The predicted octanol–water partition coefficient (Wildman–Crippen LogP) is 0.208. The molecule has 0 aromatic carbocycles. The minimum absolute atomic E-state index is 0.269. The highest BCUT2D eigenvalue weighted by Crippen LogP contribution is 2.09. The first-order valence-electron chi connectivity index (χ1n) is 4.33. The van der Waals surface area contributed by atoms with Crippen LogP contribution in [-0.2, 0) is 20.3 Å². The topological polar surface area (TPSA) is 59.0 Å². The first-order valence-corrected chi connectivity index (χ1v) is 5.37. The lowest BCUT2D eigenvalue weighted by Gasteiger charge is -2.32. The predicted molar refractivity (Wildman–Crippen MR) is 48.3 cm³/mol. The Labute approximate surface area is 80.5 Å². The molecule has 0 radical (unpaired) electrons. The van der Waals surface area contributed by atoms with E-state index in [1.165, 1.54) is 0 Å². The number of morpholine rings is 1. The van der Waals surface area contributed by atoms with Gasteiger partial charge < -0.3 is 4.74 Å². The molecule has 1 fully saturated rings. The quantitative estimate of drug-likeness (QED) is 0.671. The summed E-state index contributed by atoms with van der Waals surface area (Å²) in [6.07, 6.45) is 0.432. The standard InChI is InChI=1S/C7H15NO4S/c1-2-7(12-13(9)10)8-3-5-11-6-4-8/h7H,2-6H2,1H3,(H,9,10). The van der Waals surface area contributed by atoms with E-state index in [0.717, 1.165) is 13.1 Å². The lowest BCUT2D eigenvalue weighted by Crippen LogP contribution is -2.44. The lowest BCUT2D eigenvalue weighted by molar-refractivity contribution is -0.0447. The Balaban J connectivity index is 2.39. The number of hydrogen-bond acceptors (Lipinski definition) is 4. The summed E-state index contributed by atoms with van der Waals surface area (Å²) in [4.78, 5) is 2.01. The molecule has 0 aromatic heterocycles. The number of nitrogens with zero attached hydrogens (tertiary/aromatic N) is 1. The zero-order chi connectivity index (χ0) is 9.68. The summed E-state index contributed by atoms with van der Waals surface area (Å²) < 4.78 is 29.0. The highest BCUT2D eigenvalue weighted by molar-refractivity contribution is 7.74. The highest BCUT2D eigenvalue weighted by Gasteiger charge is 2.21. The summed E-state index contributed by atoms with van der Waals surface area (Å²) in [5, 5.41) is 0. The number of ether oxygens (including phenoxy) is 1. The molecular formula is C7H15NO4S. The Hall–Kier alpha value is -0.0100. The van der Waals surface area contributed by atoms with Gasteiger partial charge in [0.15, 0.2) is 0 Å². The van der Waals surface area contributed by atoms with Crippen molar-refractivity contribution < 1.29 is 17.7 Å². The van der Waals surface area contributed by atoms with Gasteiger partial charge in [-0.3, -0.25) is 9.45 Å². The molecule has 0 amide bonds. The Morgan fingerprint density at radius 2 is 2.23 bits per heavy atom. The fraction of sp³-hybridized carbons (Fsp3) is 1.00. The van der Waals surface area contributed by atoms with E-state index >= 15 is 0 Å². The van der Waals surface area contributed by atoms with Crippen LogP contribution in [-0.4, -0.2) is 46.2 Å². The maximum absolute atomic E-state index is 10.4. The largest absolute Gasteiger partial charge is 0.379 e. The van der Waals surface area contributed by atoms with Crippen LogP contribution in [0.4, 0.5) is 0 Å². The van der Waals surface area contributed by atoms with Crippen molar-refractivity contribution in [3.8, 4) is 0 Å². The van der Waals surface area contributed by atoms with Gasteiger partial charge in [-0.15, -0.1) is 0 Å². The van der Waals surface area contributed by atoms with Crippen molar-refractivity contribution in [3.05, 3.63) is 0 Å². The maximum atomic E-state index is 10.4. The average molecular weight is 209 g/mol. The summed E-state index contributed by atoms with van der Waals surface area (Å²) in [6, 6.07) is 0. The highest BCUT2D eigenvalue weighted by atomic mass is 32.2. The van der Waals surface area contributed by atoms with E-state index in [2.05, 4.69) is 0 Å². The first-order chi connectivity index (χ1) is 6.24. The van der Waals surface area contributed by atoms with Crippen LogP contribution in [0.15, 0.2) is 0 Å². The zero-order valence-electron chi connectivity index (χ0n) is 7.64. The number of hydrogen-bond donors (Lipinski definition) is 1. The van der Waals surface area contributed by atoms with Gasteiger partial charge in [0.25, 0.3) is 0 Å². The van der Waals surface area contributed by atoms with Gasteiger partial charge in [-0.2, -0.15) is 4.21 Å². The van der Waals surface area contributed by atoms with Crippen LogP contribution >= 0.6 is 0 Å². The second kappa shape index (κ2) is 5.66. The molecule has 1 aliphatic rings. The van der Waals surface area contributed by atoms with Crippen molar-refractivity contribution >= 4 is 11.4 Å². The molecule has 1 rings (SSSR count). The van der Waals surface area contributed by atoms with Gasteiger partial charge in [-0.1, -0.05) is 6.92 Å².